The Morgan fingerprint density at radius 1 is 1.14 bits per heavy atom. The molecular weight excluding hydrogens is 312 g/mol. The molecule has 1 fully saturated rings. The van der Waals surface area contributed by atoms with Crippen molar-refractivity contribution in [3.05, 3.63) is 5.82 Å². The largest absolute Gasteiger partial charge is 0.378 e. The number of nitrogens with zero attached hydrogens (tertiary/aromatic N) is 6. The van der Waals surface area contributed by atoms with Crippen molar-refractivity contribution in [3.8, 4) is 0 Å². The zero-order valence-corrected chi connectivity index (χ0v) is 12.7. The predicted molar refractivity (Wildman–Crippen MR) is 81.2 cm³/mol. The van der Waals surface area contributed by atoms with Crippen LogP contribution < -0.4 is 16.4 Å². The summed E-state index contributed by atoms with van der Waals surface area (Å²) in [5, 5.41) is 8.15. The molecule has 4 N–H and O–H groups in total. The van der Waals surface area contributed by atoms with Crippen molar-refractivity contribution in [2.24, 2.45) is 0 Å². The van der Waals surface area contributed by atoms with Crippen molar-refractivity contribution in [2.45, 2.75) is 10.1 Å². The minimum absolute atomic E-state index is 0.221. The van der Waals surface area contributed by atoms with E-state index in [4.69, 9.17) is 16.2 Å². The molecule has 3 heterocycles. The number of nitrogen functional groups attached to an aromatic ring is 2. The number of aromatic nitrogens is 5. The average Bonchev–Trinajstić information content (AvgIpc) is 2.91. The summed E-state index contributed by atoms with van der Waals surface area (Å²) in [4.78, 5) is 14.8. The van der Waals surface area contributed by atoms with Crippen molar-refractivity contribution < 1.29 is 4.74 Å². The van der Waals surface area contributed by atoms with Crippen molar-refractivity contribution >= 4 is 40.1 Å². The first-order valence-electron chi connectivity index (χ1n) is 6.25. The van der Waals surface area contributed by atoms with Crippen molar-refractivity contribution in [1.29, 1.82) is 0 Å². The topological polar surface area (TPSA) is 129 Å². The van der Waals surface area contributed by atoms with E-state index in [9.17, 15) is 0 Å². The zero-order valence-electron chi connectivity index (χ0n) is 11.1. The van der Waals surface area contributed by atoms with Crippen LogP contribution in [0.25, 0.3) is 0 Å². The van der Waals surface area contributed by atoms with Crippen LogP contribution >= 0.6 is 23.1 Å². The molecule has 11 heteroatoms. The van der Waals surface area contributed by atoms with Crippen LogP contribution in [0, 0.1) is 0 Å². The van der Waals surface area contributed by atoms with E-state index in [-0.39, 0.29) is 5.95 Å². The van der Waals surface area contributed by atoms with Gasteiger partial charge in [-0.1, -0.05) is 23.1 Å². The second-order valence-corrected chi connectivity index (χ2v) is 6.44. The maximum absolute atomic E-state index is 5.76. The van der Waals surface area contributed by atoms with Crippen molar-refractivity contribution in [1.82, 2.24) is 25.1 Å². The summed E-state index contributed by atoms with van der Waals surface area (Å²) in [5.41, 5.74) is 11.3. The van der Waals surface area contributed by atoms with Crippen LogP contribution in [0.2, 0.25) is 0 Å². The standard InChI is InChI=1S/C10H14N8OS2/c11-7-13-6(5-20-10-17-16-8(12)21-10)14-9(15-7)18-1-3-19-4-2-18/h1-5H2,(H2,12,16)(H2,11,13,14,15). The van der Waals surface area contributed by atoms with Crippen LogP contribution in [0.5, 0.6) is 0 Å². The summed E-state index contributed by atoms with van der Waals surface area (Å²) in [6.45, 7) is 2.84. The van der Waals surface area contributed by atoms with Crippen LogP contribution in [-0.4, -0.2) is 51.5 Å². The Labute approximate surface area is 129 Å². The highest BCUT2D eigenvalue weighted by molar-refractivity contribution is 8.00. The molecule has 0 amide bonds. The summed E-state index contributed by atoms with van der Waals surface area (Å²) in [6.07, 6.45) is 0. The molecular formula is C10H14N8OS2. The van der Waals surface area contributed by atoms with Gasteiger partial charge in [0.25, 0.3) is 0 Å². The first-order chi connectivity index (χ1) is 10.2. The van der Waals surface area contributed by atoms with E-state index in [0.29, 0.717) is 35.9 Å². The molecule has 0 aliphatic carbocycles. The van der Waals surface area contributed by atoms with Crippen molar-refractivity contribution in [3.63, 3.8) is 0 Å². The SMILES string of the molecule is Nc1nc(CSc2nnc(N)s2)nc(N2CCOCC2)n1. The van der Waals surface area contributed by atoms with Gasteiger partial charge >= 0.3 is 0 Å². The highest BCUT2D eigenvalue weighted by Crippen LogP contribution is 2.26. The van der Waals surface area contributed by atoms with E-state index < -0.39 is 0 Å². The third kappa shape index (κ3) is 3.68. The minimum atomic E-state index is 0.221. The summed E-state index contributed by atoms with van der Waals surface area (Å²) in [5.74, 6) is 1.97. The normalized spacial score (nSPS) is 15.3. The van der Waals surface area contributed by atoms with E-state index in [1.54, 1.807) is 0 Å². The zero-order chi connectivity index (χ0) is 14.7. The van der Waals surface area contributed by atoms with E-state index in [1.807, 2.05) is 4.90 Å². The summed E-state index contributed by atoms with van der Waals surface area (Å²) >= 11 is 2.80. The van der Waals surface area contributed by atoms with Gasteiger partial charge in [0.2, 0.25) is 17.0 Å². The molecule has 3 rings (SSSR count). The fraction of sp³-hybridized carbons (Fsp3) is 0.500. The number of hydrogen-bond acceptors (Lipinski definition) is 11. The fourth-order valence-corrected chi connectivity index (χ4v) is 3.29. The molecule has 1 aliphatic rings. The van der Waals surface area contributed by atoms with Gasteiger partial charge in [-0.15, -0.1) is 10.2 Å². The number of thioether (sulfide) groups is 1. The molecule has 0 saturated carbocycles. The Kier molecular flexibility index (Phi) is 4.31. The van der Waals surface area contributed by atoms with Gasteiger partial charge in [0.15, 0.2) is 4.34 Å². The Hall–Kier alpha value is -1.72. The van der Waals surface area contributed by atoms with Gasteiger partial charge in [0, 0.05) is 13.1 Å². The van der Waals surface area contributed by atoms with Crippen molar-refractivity contribution in [2.75, 3.05) is 42.7 Å². The monoisotopic (exact) mass is 326 g/mol. The van der Waals surface area contributed by atoms with Crippen LogP contribution in [0.15, 0.2) is 4.34 Å². The molecule has 0 radical (unpaired) electrons. The molecule has 1 aliphatic heterocycles. The highest BCUT2D eigenvalue weighted by Gasteiger charge is 2.16. The average molecular weight is 326 g/mol. The van der Waals surface area contributed by atoms with Crippen LogP contribution in [0.4, 0.5) is 17.0 Å². The number of rotatable bonds is 4. The minimum Gasteiger partial charge on any atom is -0.378 e. The van der Waals surface area contributed by atoms with Gasteiger partial charge in [0.05, 0.1) is 19.0 Å². The highest BCUT2D eigenvalue weighted by atomic mass is 32.2. The predicted octanol–water partition coefficient (Wildman–Crippen LogP) is 0.0164. The Morgan fingerprint density at radius 2 is 1.95 bits per heavy atom. The van der Waals surface area contributed by atoms with Gasteiger partial charge in [-0.2, -0.15) is 15.0 Å². The third-order valence-corrected chi connectivity index (χ3v) is 4.61. The maximum Gasteiger partial charge on any atom is 0.230 e. The molecule has 21 heavy (non-hydrogen) atoms. The fourth-order valence-electron chi connectivity index (χ4n) is 1.80. The summed E-state index contributed by atoms with van der Waals surface area (Å²) in [7, 11) is 0. The molecule has 1 saturated heterocycles. The molecule has 0 spiro atoms. The molecule has 112 valence electrons. The number of anilines is 3. The number of morpholine rings is 1. The molecule has 0 bridgehead atoms. The lowest BCUT2D eigenvalue weighted by Crippen LogP contribution is -2.37. The van der Waals surface area contributed by atoms with Gasteiger partial charge < -0.3 is 21.1 Å². The van der Waals surface area contributed by atoms with Crippen LogP contribution in [0.3, 0.4) is 0 Å². The lowest BCUT2D eigenvalue weighted by molar-refractivity contribution is 0.122. The van der Waals surface area contributed by atoms with Gasteiger partial charge in [0.1, 0.15) is 5.82 Å². The quantitative estimate of drug-likeness (QED) is 0.741. The van der Waals surface area contributed by atoms with E-state index in [2.05, 4.69) is 25.1 Å². The Balaban J connectivity index is 1.71. The molecule has 2 aromatic rings. The van der Waals surface area contributed by atoms with Gasteiger partial charge in [-0.05, 0) is 0 Å². The Bertz CT molecular complexity index is 615. The third-order valence-electron chi connectivity index (χ3n) is 2.73. The number of ether oxygens (including phenoxy) is 1. The molecule has 9 nitrogen and oxygen atoms in total. The summed E-state index contributed by atoms with van der Waals surface area (Å²) in [6, 6.07) is 0. The molecule has 0 aromatic carbocycles. The lowest BCUT2D eigenvalue weighted by atomic mass is 10.4. The van der Waals surface area contributed by atoms with Gasteiger partial charge in [-0.3, -0.25) is 0 Å². The smallest absolute Gasteiger partial charge is 0.230 e. The van der Waals surface area contributed by atoms with Crippen LogP contribution in [0.1, 0.15) is 5.82 Å². The second-order valence-electron chi connectivity index (χ2n) is 4.20. The maximum atomic E-state index is 5.76. The lowest BCUT2D eigenvalue weighted by Gasteiger charge is -2.26. The Morgan fingerprint density at radius 3 is 2.67 bits per heavy atom. The van der Waals surface area contributed by atoms with Gasteiger partial charge in [-0.25, -0.2) is 0 Å². The summed E-state index contributed by atoms with van der Waals surface area (Å²) < 4.78 is 6.09. The molecule has 0 atom stereocenters. The van der Waals surface area contributed by atoms with E-state index in [0.717, 1.165) is 17.4 Å². The van der Waals surface area contributed by atoms with E-state index in [1.165, 1.54) is 23.1 Å². The first-order valence-corrected chi connectivity index (χ1v) is 8.06. The van der Waals surface area contributed by atoms with Crippen LogP contribution in [-0.2, 0) is 10.5 Å². The molecule has 2 aromatic heterocycles. The molecule has 0 unspecified atom stereocenters. The number of hydrogen-bond donors (Lipinski definition) is 2. The van der Waals surface area contributed by atoms with E-state index >= 15 is 0 Å². The second kappa shape index (κ2) is 6.37. The first kappa shape index (κ1) is 14.2. The number of nitrogens with two attached hydrogens (primary N) is 2.